The first-order valence-corrected chi connectivity index (χ1v) is 7.28. The first-order chi connectivity index (χ1) is 6.95. The number of likely N-dealkylation sites (N-methyl/N-ethyl adjacent to an activating group) is 1. The van der Waals surface area contributed by atoms with Crippen LogP contribution in [0.4, 0.5) is 0 Å². The van der Waals surface area contributed by atoms with Gasteiger partial charge in [0, 0.05) is 19.1 Å². The lowest BCUT2D eigenvalue weighted by atomic mass is 10.3. The second-order valence-corrected chi connectivity index (χ2v) is 7.17. The second-order valence-electron chi connectivity index (χ2n) is 4.49. The third-order valence-corrected chi connectivity index (χ3v) is 5.28. The molecule has 1 aliphatic heterocycles. The molecule has 1 unspecified atom stereocenters. The molecule has 98 valence electrons. The van der Waals surface area contributed by atoms with Crippen LogP contribution in [0.15, 0.2) is 0 Å². The number of hydrogen-bond donors (Lipinski definition) is 1. The van der Waals surface area contributed by atoms with Gasteiger partial charge in [0.2, 0.25) is 0 Å². The summed E-state index contributed by atoms with van der Waals surface area (Å²) in [5, 5.41) is 2.97. The molecule has 0 radical (unpaired) electrons. The minimum atomic E-state index is -2.87. The maximum Gasteiger partial charge on any atom is 0.153 e. The summed E-state index contributed by atoms with van der Waals surface area (Å²) >= 11 is 0. The molecule has 1 N–H and O–H groups in total. The minimum Gasteiger partial charge on any atom is -0.316 e. The van der Waals surface area contributed by atoms with Crippen LogP contribution in [0.3, 0.4) is 0 Å². The van der Waals surface area contributed by atoms with Crippen LogP contribution < -0.4 is 5.32 Å². The number of hydrogen-bond acceptors (Lipinski definition) is 4. The van der Waals surface area contributed by atoms with Gasteiger partial charge >= 0.3 is 0 Å². The molecular weight excluding hydrogens is 248 g/mol. The molecule has 0 aromatic carbocycles. The fourth-order valence-corrected chi connectivity index (χ4v) is 2.75. The number of nitrogens with one attached hydrogen (secondary N) is 1. The smallest absolute Gasteiger partial charge is 0.153 e. The van der Waals surface area contributed by atoms with Crippen molar-refractivity contribution in [3.8, 4) is 0 Å². The van der Waals surface area contributed by atoms with Gasteiger partial charge in [-0.3, -0.25) is 0 Å². The highest BCUT2D eigenvalue weighted by Crippen LogP contribution is 2.09. The highest BCUT2D eigenvalue weighted by molar-refractivity contribution is 7.92. The topological polar surface area (TPSA) is 49.4 Å². The Bertz CT molecular complexity index is 293. The molecule has 1 heterocycles. The van der Waals surface area contributed by atoms with E-state index in [9.17, 15) is 8.42 Å². The van der Waals surface area contributed by atoms with E-state index < -0.39 is 9.84 Å². The van der Waals surface area contributed by atoms with Gasteiger partial charge < -0.3 is 10.2 Å². The lowest BCUT2D eigenvalue weighted by Gasteiger charge is -2.16. The summed E-state index contributed by atoms with van der Waals surface area (Å²) in [6.07, 6.45) is 1.12. The fraction of sp³-hybridized carbons (Fsp3) is 1.00. The molecule has 1 fully saturated rings. The van der Waals surface area contributed by atoms with Crippen molar-refractivity contribution in [3.05, 3.63) is 0 Å². The van der Waals surface area contributed by atoms with E-state index in [0.717, 1.165) is 19.5 Å². The summed E-state index contributed by atoms with van der Waals surface area (Å²) in [6.45, 7) is 6.16. The Morgan fingerprint density at radius 1 is 1.44 bits per heavy atom. The Morgan fingerprint density at radius 3 is 2.50 bits per heavy atom. The van der Waals surface area contributed by atoms with E-state index in [2.05, 4.69) is 10.2 Å². The van der Waals surface area contributed by atoms with Gasteiger partial charge in [0.25, 0.3) is 0 Å². The van der Waals surface area contributed by atoms with Crippen molar-refractivity contribution in [3.63, 3.8) is 0 Å². The molecule has 0 bridgehead atoms. The molecule has 6 heteroatoms. The van der Waals surface area contributed by atoms with Crippen LogP contribution in [-0.4, -0.2) is 57.0 Å². The lowest BCUT2D eigenvalue weighted by Crippen LogP contribution is -2.33. The van der Waals surface area contributed by atoms with Gasteiger partial charge in [0.1, 0.15) is 0 Å². The van der Waals surface area contributed by atoms with Crippen molar-refractivity contribution >= 4 is 22.2 Å². The summed E-state index contributed by atoms with van der Waals surface area (Å²) < 4.78 is 23.2. The van der Waals surface area contributed by atoms with E-state index in [-0.39, 0.29) is 17.7 Å². The van der Waals surface area contributed by atoms with Crippen molar-refractivity contribution in [2.24, 2.45) is 0 Å². The summed E-state index contributed by atoms with van der Waals surface area (Å²) in [4.78, 5) is 2.22. The molecule has 1 aliphatic rings. The standard InChI is InChI=1S/C10H22N2O2S.ClH/c1-9(2)15(13,14)7-6-12-5-4-10(8-12)11-3;/h9-11H,4-8H2,1-3H3;1H. The molecule has 1 atom stereocenters. The normalized spacial score (nSPS) is 22.4. The Hall–Kier alpha value is 0.160. The van der Waals surface area contributed by atoms with Crippen LogP contribution in [0.25, 0.3) is 0 Å². The highest BCUT2D eigenvalue weighted by Gasteiger charge is 2.23. The van der Waals surface area contributed by atoms with Crippen LogP contribution in [-0.2, 0) is 9.84 Å². The van der Waals surface area contributed by atoms with E-state index in [1.165, 1.54) is 0 Å². The first-order valence-electron chi connectivity index (χ1n) is 5.57. The maximum absolute atomic E-state index is 11.6. The van der Waals surface area contributed by atoms with E-state index in [1.807, 2.05) is 7.05 Å². The van der Waals surface area contributed by atoms with Gasteiger partial charge in [-0.15, -0.1) is 12.4 Å². The van der Waals surface area contributed by atoms with E-state index in [1.54, 1.807) is 13.8 Å². The molecule has 0 aromatic heterocycles. The third-order valence-electron chi connectivity index (χ3n) is 3.09. The first kappa shape index (κ1) is 16.2. The van der Waals surface area contributed by atoms with Crippen molar-refractivity contribution in [1.82, 2.24) is 10.2 Å². The number of likely N-dealkylation sites (tertiary alicyclic amines) is 1. The maximum atomic E-state index is 11.6. The number of rotatable bonds is 5. The van der Waals surface area contributed by atoms with E-state index in [0.29, 0.717) is 18.3 Å². The molecule has 0 aromatic rings. The SMILES string of the molecule is CNC1CCN(CCS(=O)(=O)C(C)C)C1.Cl. The average Bonchev–Trinajstić information content (AvgIpc) is 2.62. The Morgan fingerprint density at radius 2 is 2.06 bits per heavy atom. The largest absolute Gasteiger partial charge is 0.316 e. The zero-order valence-electron chi connectivity index (χ0n) is 10.3. The number of halogens is 1. The molecular formula is C10H23ClN2O2S. The summed E-state index contributed by atoms with van der Waals surface area (Å²) in [6, 6.07) is 0.534. The van der Waals surface area contributed by atoms with Crippen molar-refractivity contribution in [1.29, 1.82) is 0 Å². The average molecular weight is 271 g/mol. The second kappa shape index (κ2) is 6.79. The van der Waals surface area contributed by atoms with Crippen molar-refractivity contribution in [2.75, 3.05) is 32.4 Å². The van der Waals surface area contributed by atoms with Gasteiger partial charge in [-0.2, -0.15) is 0 Å². The predicted octanol–water partition coefficient (Wildman–Crippen LogP) is 0.525. The highest BCUT2D eigenvalue weighted by atomic mass is 35.5. The van der Waals surface area contributed by atoms with Gasteiger partial charge in [-0.05, 0) is 33.9 Å². The van der Waals surface area contributed by atoms with Crippen molar-refractivity contribution in [2.45, 2.75) is 31.6 Å². The Balaban J connectivity index is 0.00000225. The molecule has 0 spiro atoms. The molecule has 1 saturated heterocycles. The monoisotopic (exact) mass is 270 g/mol. The summed E-state index contributed by atoms with van der Waals surface area (Å²) in [7, 11) is -0.915. The molecule has 16 heavy (non-hydrogen) atoms. The van der Waals surface area contributed by atoms with Gasteiger partial charge in [0.15, 0.2) is 9.84 Å². The fourth-order valence-electron chi connectivity index (χ4n) is 1.76. The molecule has 4 nitrogen and oxygen atoms in total. The van der Waals surface area contributed by atoms with Crippen LogP contribution in [0.5, 0.6) is 0 Å². The molecule has 0 aliphatic carbocycles. The number of sulfone groups is 1. The van der Waals surface area contributed by atoms with Crippen LogP contribution >= 0.6 is 12.4 Å². The zero-order chi connectivity index (χ0) is 11.5. The Kier molecular flexibility index (Phi) is 6.86. The quantitative estimate of drug-likeness (QED) is 0.792. The van der Waals surface area contributed by atoms with E-state index in [4.69, 9.17) is 0 Å². The van der Waals surface area contributed by atoms with Gasteiger partial charge in [0.05, 0.1) is 11.0 Å². The molecule has 0 saturated carbocycles. The summed E-state index contributed by atoms with van der Waals surface area (Å²) in [5.74, 6) is 0.293. The third kappa shape index (κ3) is 4.57. The predicted molar refractivity (Wildman–Crippen MR) is 70.1 cm³/mol. The van der Waals surface area contributed by atoms with Crippen molar-refractivity contribution < 1.29 is 8.42 Å². The van der Waals surface area contributed by atoms with E-state index >= 15 is 0 Å². The van der Waals surface area contributed by atoms with Crippen LogP contribution in [0.2, 0.25) is 0 Å². The zero-order valence-corrected chi connectivity index (χ0v) is 11.9. The van der Waals surface area contributed by atoms with Gasteiger partial charge in [-0.1, -0.05) is 0 Å². The summed E-state index contributed by atoms with van der Waals surface area (Å²) in [5.41, 5.74) is 0. The van der Waals surface area contributed by atoms with Gasteiger partial charge in [-0.25, -0.2) is 8.42 Å². The minimum absolute atomic E-state index is 0. The van der Waals surface area contributed by atoms with Crippen LogP contribution in [0.1, 0.15) is 20.3 Å². The number of nitrogens with zero attached hydrogens (tertiary/aromatic N) is 1. The molecule has 1 rings (SSSR count). The lowest BCUT2D eigenvalue weighted by molar-refractivity contribution is 0.348. The Labute approximate surface area is 105 Å². The van der Waals surface area contributed by atoms with Crippen LogP contribution in [0, 0.1) is 0 Å². The molecule has 0 amide bonds.